The third-order valence-electron chi connectivity index (χ3n) is 5.87. The molecule has 0 spiro atoms. The Morgan fingerprint density at radius 2 is 1.78 bits per heavy atom. The highest BCUT2D eigenvalue weighted by molar-refractivity contribution is 5.48. The first-order valence-corrected chi connectivity index (χ1v) is 9.19. The van der Waals surface area contributed by atoms with Crippen molar-refractivity contribution in [3.63, 3.8) is 0 Å². The van der Waals surface area contributed by atoms with Crippen molar-refractivity contribution in [2.75, 3.05) is 37.6 Å². The summed E-state index contributed by atoms with van der Waals surface area (Å²) < 4.78 is 0. The van der Waals surface area contributed by atoms with Crippen molar-refractivity contribution < 1.29 is 5.11 Å². The summed E-state index contributed by atoms with van der Waals surface area (Å²) in [5, 5.41) is 9.89. The number of nitrogens with zero attached hydrogens (tertiary/aromatic N) is 3. The summed E-state index contributed by atoms with van der Waals surface area (Å²) in [6, 6.07) is 10.3. The molecule has 0 bridgehead atoms. The Balaban J connectivity index is 1.39. The van der Waals surface area contributed by atoms with Crippen LogP contribution in [0.4, 0.5) is 5.69 Å². The first-order chi connectivity index (χ1) is 11.2. The van der Waals surface area contributed by atoms with E-state index in [2.05, 4.69) is 45.9 Å². The number of piperazine rings is 1. The molecule has 4 nitrogen and oxygen atoms in total. The predicted molar refractivity (Wildman–Crippen MR) is 93.7 cm³/mol. The van der Waals surface area contributed by atoms with Crippen molar-refractivity contribution in [1.29, 1.82) is 0 Å². The molecule has 1 N–H and O–H groups in total. The monoisotopic (exact) mass is 315 g/mol. The standard InChI is InChI=1S/C19H29N3O/c1-15-11-22-14-19(23)10-18(22)13-21(15)12-16-4-6-17(7-5-16)20-8-2-3-9-20/h4-7,15,18-19,23H,2-3,8-14H2,1H3/t15-,18+,19-/m1/s1. The summed E-state index contributed by atoms with van der Waals surface area (Å²) in [5.74, 6) is 0. The molecule has 4 heteroatoms. The number of fused-ring (bicyclic) bond motifs is 1. The van der Waals surface area contributed by atoms with Crippen LogP contribution in [0.15, 0.2) is 24.3 Å². The van der Waals surface area contributed by atoms with Crippen LogP contribution in [-0.4, -0.2) is 65.8 Å². The maximum absolute atomic E-state index is 9.89. The van der Waals surface area contributed by atoms with Gasteiger partial charge in [-0.05, 0) is 43.9 Å². The Labute approximate surface area is 139 Å². The predicted octanol–water partition coefficient (Wildman–Crippen LogP) is 1.93. The van der Waals surface area contributed by atoms with Gasteiger partial charge in [0.15, 0.2) is 0 Å². The number of aliphatic hydroxyl groups excluding tert-OH is 1. The van der Waals surface area contributed by atoms with Gasteiger partial charge in [0.2, 0.25) is 0 Å². The first-order valence-electron chi connectivity index (χ1n) is 9.19. The van der Waals surface area contributed by atoms with Gasteiger partial charge in [0, 0.05) is 57.0 Å². The number of rotatable bonds is 3. The van der Waals surface area contributed by atoms with Crippen LogP contribution in [0.1, 0.15) is 31.7 Å². The topological polar surface area (TPSA) is 30.0 Å². The van der Waals surface area contributed by atoms with Gasteiger partial charge in [0.25, 0.3) is 0 Å². The van der Waals surface area contributed by atoms with Crippen molar-refractivity contribution >= 4 is 5.69 Å². The molecule has 0 aliphatic carbocycles. The molecule has 0 aromatic heterocycles. The summed E-state index contributed by atoms with van der Waals surface area (Å²) in [6.07, 6.45) is 3.48. The van der Waals surface area contributed by atoms with E-state index < -0.39 is 0 Å². The average Bonchev–Trinajstić information content (AvgIpc) is 3.17. The molecule has 0 unspecified atom stereocenters. The molecule has 0 amide bonds. The molecule has 3 atom stereocenters. The molecular formula is C19H29N3O. The zero-order valence-corrected chi connectivity index (χ0v) is 14.2. The van der Waals surface area contributed by atoms with Crippen LogP contribution in [0.5, 0.6) is 0 Å². The number of hydrogen-bond donors (Lipinski definition) is 1. The molecule has 3 aliphatic heterocycles. The van der Waals surface area contributed by atoms with Crippen LogP contribution in [0.25, 0.3) is 0 Å². The summed E-state index contributed by atoms with van der Waals surface area (Å²) in [7, 11) is 0. The zero-order valence-electron chi connectivity index (χ0n) is 14.2. The van der Waals surface area contributed by atoms with Crippen molar-refractivity contribution in [3.8, 4) is 0 Å². The Kier molecular flexibility index (Phi) is 4.31. The van der Waals surface area contributed by atoms with Gasteiger partial charge in [0.05, 0.1) is 6.10 Å². The lowest BCUT2D eigenvalue weighted by Gasteiger charge is -2.42. The lowest BCUT2D eigenvalue weighted by Crippen LogP contribution is -2.54. The average molecular weight is 315 g/mol. The minimum Gasteiger partial charge on any atom is -0.392 e. The second kappa shape index (κ2) is 6.42. The molecule has 3 fully saturated rings. The molecule has 1 aromatic rings. The molecule has 4 rings (SSSR count). The highest BCUT2D eigenvalue weighted by Crippen LogP contribution is 2.27. The zero-order chi connectivity index (χ0) is 15.8. The van der Waals surface area contributed by atoms with Crippen LogP contribution in [0.3, 0.4) is 0 Å². The van der Waals surface area contributed by atoms with Crippen molar-refractivity contribution in [2.45, 2.75) is 50.9 Å². The van der Waals surface area contributed by atoms with Gasteiger partial charge in [-0.1, -0.05) is 12.1 Å². The Hall–Kier alpha value is -1.10. The summed E-state index contributed by atoms with van der Waals surface area (Å²) in [5.41, 5.74) is 2.79. The summed E-state index contributed by atoms with van der Waals surface area (Å²) >= 11 is 0. The second-order valence-corrected chi connectivity index (χ2v) is 7.64. The smallest absolute Gasteiger partial charge is 0.0682 e. The molecule has 3 aliphatic rings. The number of hydrogen-bond acceptors (Lipinski definition) is 4. The molecule has 1 aromatic carbocycles. The van der Waals surface area contributed by atoms with E-state index in [1.54, 1.807) is 0 Å². The van der Waals surface area contributed by atoms with Gasteiger partial charge in [-0.25, -0.2) is 0 Å². The lowest BCUT2D eigenvalue weighted by atomic mass is 10.1. The SMILES string of the molecule is C[C@@H]1CN2C[C@H](O)C[C@H]2CN1Cc1ccc(N2CCCC2)cc1. The van der Waals surface area contributed by atoms with Gasteiger partial charge in [-0.3, -0.25) is 9.80 Å². The van der Waals surface area contributed by atoms with Gasteiger partial charge < -0.3 is 10.0 Å². The number of benzene rings is 1. The van der Waals surface area contributed by atoms with E-state index in [4.69, 9.17) is 0 Å². The van der Waals surface area contributed by atoms with Crippen molar-refractivity contribution in [2.24, 2.45) is 0 Å². The van der Waals surface area contributed by atoms with E-state index in [0.29, 0.717) is 12.1 Å². The van der Waals surface area contributed by atoms with Gasteiger partial charge in [-0.2, -0.15) is 0 Å². The van der Waals surface area contributed by atoms with E-state index >= 15 is 0 Å². The quantitative estimate of drug-likeness (QED) is 0.923. The lowest BCUT2D eigenvalue weighted by molar-refractivity contribution is 0.0528. The summed E-state index contributed by atoms with van der Waals surface area (Å²) in [6.45, 7) is 8.82. The number of aliphatic hydroxyl groups is 1. The molecule has 23 heavy (non-hydrogen) atoms. The summed E-state index contributed by atoms with van der Waals surface area (Å²) in [4.78, 5) is 7.55. The van der Waals surface area contributed by atoms with Crippen LogP contribution in [0, 0.1) is 0 Å². The van der Waals surface area contributed by atoms with E-state index in [9.17, 15) is 5.11 Å². The molecule has 3 saturated heterocycles. The molecule has 0 saturated carbocycles. The molecule has 126 valence electrons. The maximum atomic E-state index is 9.89. The van der Waals surface area contributed by atoms with Gasteiger partial charge in [0.1, 0.15) is 0 Å². The Morgan fingerprint density at radius 1 is 1.04 bits per heavy atom. The minimum absolute atomic E-state index is 0.119. The molecule has 0 radical (unpaired) electrons. The van der Waals surface area contributed by atoms with Crippen LogP contribution < -0.4 is 4.90 Å². The van der Waals surface area contributed by atoms with Crippen molar-refractivity contribution in [3.05, 3.63) is 29.8 Å². The normalized spacial score (nSPS) is 32.4. The minimum atomic E-state index is -0.119. The number of anilines is 1. The highest BCUT2D eigenvalue weighted by Gasteiger charge is 2.37. The fourth-order valence-corrected chi connectivity index (χ4v) is 4.52. The van der Waals surface area contributed by atoms with Crippen LogP contribution in [0.2, 0.25) is 0 Å². The fourth-order valence-electron chi connectivity index (χ4n) is 4.52. The Morgan fingerprint density at radius 3 is 2.52 bits per heavy atom. The van der Waals surface area contributed by atoms with E-state index in [-0.39, 0.29) is 6.10 Å². The van der Waals surface area contributed by atoms with E-state index in [1.165, 1.54) is 37.2 Å². The van der Waals surface area contributed by atoms with Gasteiger partial charge >= 0.3 is 0 Å². The third kappa shape index (κ3) is 3.25. The van der Waals surface area contributed by atoms with Crippen LogP contribution in [-0.2, 0) is 6.54 Å². The largest absolute Gasteiger partial charge is 0.392 e. The van der Waals surface area contributed by atoms with E-state index in [1.807, 2.05) is 0 Å². The molecule has 3 heterocycles. The second-order valence-electron chi connectivity index (χ2n) is 7.64. The third-order valence-corrected chi connectivity index (χ3v) is 5.87. The fraction of sp³-hybridized carbons (Fsp3) is 0.684. The maximum Gasteiger partial charge on any atom is 0.0682 e. The van der Waals surface area contributed by atoms with Crippen molar-refractivity contribution in [1.82, 2.24) is 9.80 Å². The Bertz CT molecular complexity index is 526. The van der Waals surface area contributed by atoms with Gasteiger partial charge in [-0.15, -0.1) is 0 Å². The highest BCUT2D eigenvalue weighted by atomic mass is 16.3. The van der Waals surface area contributed by atoms with Crippen LogP contribution >= 0.6 is 0 Å². The van der Waals surface area contributed by atoms with E-state index in [0.717, 1.165) is 32.6 Å². The first kappa shape index (κ1) is 15.4. The molecular weight excluding hydrogens is 286 g/mol.